The van der Waals surface area contributed by atoms with E-state index in [2.05, 4.69) is 24.1 Å². The fourth-order valence-electron chi connectivity index (χ4n) is 3.35. The van der Waals surface area contributed by atoms with Crippen molar-refractivity contribution in [3.05, 3.63) is 0 Å². The molecule has 0 aromatic heterocycles. The summed E-state index contributed by atoms with van der Waals surface area (Å²) in [4.78, 5) is 2.76. The molecule has 0 aromatic carbocycles. The Kier molecular flexibility index (Phi) is 4.04. The molecule has 1 N–H and O–H groups in total. The fraction of sp³-hybridized carbons (Fsp3) is 1.00. The van der Waals surface area contributed by atoms with Crippen molar-refractivity contribution >= 4 is 0 Å². The summed E-state index contributed by atoms with van der Waals surface area (Å²) in [6.45, 7) is 7.21. The van der Waals surface area contributed by atoms with Crippen molar-refractivity contribution in [2.45, 2.75) is 70.5 Å². The van der Waals surface area contributed by atoms with Crippen molar-refractivity contribution in [1.29, 1.82) is 0 Å². The molecule has 2 fully saturated rings. The minimum Gasteiger partial charge on any atom is -0.312 e. The Morgan fingerprint density at radius 1 is 1.20 bits per heavy atom. The molecular formula is C13H26N2. The highest BCUT2D eigenvalue weighted by atomic mass is 15.2. The van der Waals surface area contributed by atoms with Gasteiger partial charge in [0.2, 0.25) is 0 Å². The molecule has 0 bridgehead atoms. The normalized spacial score (nSPS) is 37.6. The first-order valence-corrected chi connectivity index (χ1v) is 6.82. The number of hydrogen-bond acceptors (Lipinski definition) is 2. The Morgan fingerprint density at radius 2 is 2.07 bits per heavy atom. The topological polar surface area (TPSA) is 15.3 Å². The quantitative estimate of drug-likeness (QED) is 0.766. The molecule has 1 aliphatic heterocycles. The highest BCUT2D eigenvalue weighted by molar-refractivity contribution is 4.94. The Balaban J connectivity index is 1.89. The molecule has 1 saturated heterocycles. The molecule has 2 rings (SSSR count). The van der Waals surface area contributed by atoms with E-state index in [-0.39, 0.29) is 0 Å². The van der Waals surface area contributed by atoms with E-state index in [1.165, 1.54) is 51.6 Å². The summed E-state index contributed by atoms with van der Waals surface area (Å²) in [7, 11) is 0. The molecule has 88 valence electrons. The van der Waals surface area contributed by atoms with Crippen LogP contribution in [-0.4, -0.2) is 36.1 Å². The first-order chi connectivity index (χ1) is 7.33. The molecule has 3 atom stereocenters. The van der Waals surface area contributed by atoms with Gasteiger partial charge >= 0.3 is 0 Å². The van der Waals surface area contributed by atoms with E-state index in [1.807, 2.05) is 0 Å². The van der Waals surface area contributed by atoms with Crippen LogP contribution in [0.1, 0.15) is 52.4 Å². The number of hydrogen-bond donors (Lipinski definition) is 1. The van der Waals surface area contributed by atoms with Crippen LogP contribution in [0.25, 0.3) is 0 Å². The summed E-state index contributed by atoms with van der Waals surface area (Å²) in [6, 6.07) is 2.46. The summed E-state index contributed by atoms with van der Waals surface area (Å²) in [5.41, 5.74) is 0. The molecule has 2 aliphatic rings. The molecule has 1 saturated carbocycles. The predicted octanol–water partition coefficient (Wildman–Crippen LogP) is 2.39. The molecule has 0 aromatic rings. The van der Waals surface area contributed by atoms with Crippen molar-refractivity contribution in [3.8, 4) is 0 Å². The first-order valence-electron chi connectivity index (χ1n) is 6.82. The molecule has 2 heteroatoms. The molecular weight excluding hydrogens is 184 g/mol. The zero-order valence-electron chi connectivity index (χ0n) is 10.3. The Hall–Kier alpha value is -0.0800. The number of nitrogens with zero attached hydrogens (tertiary/aromatic N) is 1. The number of likely N-dealkylation sites (tertiary alicyclic amines) is 1. The monoisotopic (exact) mass is 210 g/mol. The van der Waals surface area contributed by atoms with Crippen LogP contribution >= 0.6 is 0 Å². The summed E-state index contributed by atoms with van der Waals surface area (Å²) >= 11 is 0. The van der Waals surface area contributed by atoms with Crippen molar-refractivity contribution < 1.29 is 0 Å². The second-order valence-electron chi connectivity index (χ2n) is 5.29. The van der Waals surface area contributed by atoms with Crippen LogP contribution in [0.2, 0.25) is 0 Å². The van der Waals surface area contributed by atoms with Gasteiger partial charge in [-0.3, -0.25) is 4.90 Å². The van der Waals surface area contributed by atoms with E-state index < -0.39 is 0 Å². The average molecular weight is 210 g/mol. The van der Waals surface area contributed by atoms with Gasteiger partial charge in [-0.05, 0) is 52.1 Å². The van der Waals surface area contributed by atoms with Crippen LogP contribution in [0.4, 0.5) is 0 Å². The largest absolute Gasteiger partial charge is 0.312 e. The minimum absolute atomic E-state index is 0.783. The van der Waals surface area contributed by atoms with Crippen LogP contribution in [0.15, 0.2) is 0 Å². The maximum absolute atomic E-state index is 3.74. The second-order valence-corrected chi connectivity index (χ2v) is 5.29. The van der Waals surface area contributed by atoms with Crippen molar-refractivity contribution in [1.82, 2.24) is 10.2 Å². The summed E-state index contributed by atoms with van der Waals surface area (Å²) in [6.07, 6.45) is 8.34. The highest BCUT2D eigenvalue weighted by Gasteiger charge is 2.35. The van der Waals surface area contributed by atoms with Crippen molar-refractivity contribution in [3.63, 3.8) is 0 Å². The molecule has 1 aliphatic carbocycles. The summed E-state index contributed by atoms with van der Waals surface area (Å²) in [5.74, 6) is 0. The highest BCUT2D eigenvalue weighted by Crippen LogP contribution is 2.30. The lowest BCUT2D eigenvalue weighted by Gasteiger charge is -2.33. The Labute approximate surface area is 94.4 Å². The zero-order valence-corrected chi connectivity index (χ0v) is 10.3. The zero-order chi connectivity index (χ0) is 10.7. The SMILES string of the molecule is CCCNC1CCCC1N1CCCC1C. The molecule has 0 amide bonds. The van der Waals surface area contributed by atoms with Gasteiger partial charge in [-0.15, -0.1) is 0 Å². The summed E-state index contributed by atoms with van der Waals surface area (Å²) < 4.78 is 0. The predicted molar refractivity (Wildman–Crippen MR) is 65.1 cm³/mol. The van der Waals surface area contributed by atoms with Gasteiger partial charge < -0.3 is 5.32 Å². The van der Waals surface area contributed by atoms with Gasteiger partial charge in [0, 0.05) is 18.1 Å². The lowest BCUT2D eigenvalue weighted by molar-refractivity contribution is 0.166. The lowest BCUT2D eigenvalue weighted by Crippen LogP contribution is -2.48. The fourth-order valence-corrected chi connectivity index (χ4v) is 3.35. The van der Waals surface area contributed by atoms with Gasteiger partial charge in [0.25, 0.3) is 0 Å². The lowest BCUT2D eigenvalue weighted by atomic mass is 10.1. The Morgan fingerprint density at radius 3 is 2.73 bits per heavy atom. The van der Waals surface area contributed by atoms with E-state index >= 15 is 0 Å². The van der Waals surface area contributed by atoms with Crippen LogP contribution in [0.3, 0.4) is 0 Å². The van der Waals surface area contributed by atoms with E-state index in [9.17, 15) is 0 Å². The van der Waals surface area contributed by atoms with Crippen LogP contribution in [0, 0.1) is 0 Å². The maximum atomic E-state index is 3.74. The third kappa shape index (κ3) is 2.54. The van der Waals surface area contributed by atoms with Gasteiger partial charge in [0.1, 0.15) is 0 Å². The second kappa shape index (κ2) is 5.31. The van der Waals surface area contributed by atoms with Crippen molar-refractivity contribution in [2.75, 3.05) is 13.1 Å². The average Bonchev–Trinajstić information content (AvgIpc) is 2.82. The molecule has 2 nitrogen and oxygen atoms in total. The van der Waals surface area contributed by atoms with E-state index in [1.54, 1.807) is 0 Å². The molecule has 0 spiro atoms. The van der Waals surface area contributed by atoms with Crippen molar-refractivity contribution in [2.24, 2.45) is 0 Å². The molecule has 1 heterocycles. The van der Waals surface area contributed by atoms with Gasteiger partial charge in [0.15, 0.2) is 0 Å². The van der Waals surface area contributed by atoms with Crippen LogP contribution in [0.5, 0.6) is 0 Å². The smallest absolute Gasteiger partial charge is 0.0252 e. The maximum Gasteiger partial charge on any atom is 0.0252 e. The minimum atomic E-state index is 0.783. The van der Waals surface area contributed by atoms with Gasteiger partial charge in [-0.2, -0.15) is 0 Å². The number of rotatable bonds is 4. The first kappa shape index (κ1) is 11.4. The van der Waals surface area contributed by atoms with E-state index in [4.69, 9.17) is 0 Å². The van der Waals surface area contributed by atoms with Gasteiger partial charge in [-0.1, -0.05) is 13.3 Å². The van der Waals surface area contributed by atoms with E-state index in [0.29, 0.717) is 0 Å². The molecule has 0 radical (unpaired) electrons. The third-order valence-corrected chi connectivity index (χ3v) is 4.17. The van der Waals surface area contributed by atoms with Crippen LogP contribution < -0.4 is 5.32 Å². The van der Waals surface area contributed by atoms with Gasteiger partial charge in [-0.25, -0.2) is 0 Å². The van der Waals surface area contributed by atoms with Gasteiger partial charge in [0.05, 0.1) is 0 Å². The standard InChI is InChI=1S/C13H26N2/c1-3-9-14-12-7-4-8-13(12)15-10-5-6-11(15)2/h11-14H,3-10H2,1-2H3. The Bertz CT molecular complexity index is 193. The number of nitrogens with one attached hydrogen (secondary N) is 1. The molecule has 15 heavy (non-hydrogen) atoms. The molecule has 3 unspecified atom stereocenters. The summed E-state index contributed by atoms with van der Waals surface area (Å²) in [5, 5.41) is 3.74. The van der Waals surface area contributed by atoms with Crippen LogP contribution in [-0.2, 0) is 0 Å². The third-order valence-electron chi connectivity index (χ3n) is 4.17. The van der Waals surface area contributed by atoms with E-state index in [0.717, 1.165) is 18.1 Å².